The van der Waals surface area contributed by atoms with Crippen LogP contribution in [0.1, 0.15) is 16.4 Å². The minimum atomic E-state index is -0.755. The second kappa shape index (κ2) is 10.6. The maximum Gasteiger partial charge on any atom is 0.308 e. The van der Waals surface area contributed by atoms with Gasteiger partial charge in [0.25, 0.3) is 0 Å². The Hall–Kier alpha value is -4.35. The van der Waals surface area contributed by atoms with Gasteiger partial charge in [0.1, 0.15) is 17.5 Å². The van der Waals surface area contributed by atoms with Crippen LogP contribution >= 0.6 is 23.1 Å². The van der Waals surface area contributed by atoms with E-state index in [0.29, 0.717) is 21.3 Å². The van der Waals surface area contributed by atoms with Gasteiger partial charge in [0, 0.05) is 36.3 Å². The SMILES string of the molecule is CN(C)c1ccc(C2c3sc(=O)n(CC(=O)Nc4ccc(O)cc4)c3SC3C(=O)N(c4ccccc4)C(=O)C32)cc1. The standard InChI is InChI=1S/C30H26N4O5S2/c1-32(2)19-12-8-17(9-13-19)23-24-25(28(38)34(27(24)37)20-6-4-3-5-7-20)40-29-26(23)41-30(39)33(29)16-22(36)31-18-10-14-21(35)15-11-18/h3-15,23-25,35H,16H2,1-2H3,(H,31,36). The van der Waals surface area contributed by atoms with Crippen molar-refractivity contribution < 1.29 is 19.5 Å². The van der Waals surface area contributed by atoms with Gasteiger partial charge in [0.2, 0.25) is 17.7 Å². The molecule has 1 fully saturated rings. The first kappa shape index (κ1) is 26.9. The van der Waals surface area contributed by atoms with Crippen LogP contribution in [0.15, 0.2) is 88.7 Å². The number of hydrogen-bond donors (Lipinski definition) is 2. The summed E-state index contributed by atoms with van der Waals surface area (Å²) < 4.78 is 1.39. The molecule has 1 aromatic heterocycles. The van der Waals surface area contributed by atoms with E-state index in [0.717, 1.165) is 22.6 Å². The van der Waals surface area contributed by atoms with Gasteiger partial charge >= 0.3 is 4.87 Å². The minimum Gasteiger partial charge on any atom is -0.508 e. The summed E-state index contributed by atoms with van der Waals surface area (Å²) in [5.41, 5.74) is 2.79. The van der Waals surface area contributed by atoms with Crippen LogP contribution in [0.2, 0.25) is 0 Å². The molecule has 0 saturated carbocycles. The van der Waals surface area contributed by atoms with Crippen molar-refractivity contribution in [3.05, 3.63) is 99.0 Å². The molecule has 1 saturated heterocycles. The zero-order valence-corrected chi connectivity index (χ0v) is 23.8. The van der Waals surface area contributed by atoms with Crippen molar-refractivity contribution in [2.45, 2.75) is 22.7 Å². The van der Waals surface area contributed by atoms with E-state index in [9.17, 15) is 24.3 Å². The van der Waals surface area contributed by atoms with Gasteiger partial charge in [-0.1, -0.05) is 53.4 Å². The lowest BCUT2D eigenvalue weighted by Gasteiger charge is -2.31. The van der Waals surface area contributed by atoms with Gasteiger partial charge in [0.05, 0.1) is 16.6 Å². The van der Waals surface area contributed by atoms with Crippen LogP contribution in [0.5, 0.6) is 5.75 Å². The smallest absolute Gasteiger partial charge is 0.308 e. The second-order valence-corrected chi connectivity index (χ2v) is 12.2. The molecule has 3 aromatic carbocycles. The van der Waals surface area contributed by atoms with Gasteiger partial charge < -0.3 is 15.3 Å². The van der Waals surface area contributed by atoms with Gasteiger partial charge in [-0.05, 0) is 54.1 Å². The molecule has 3 heterocycles. The maximum atomic E-state index is 13.9. The van der Waals surface area contributed by atoms with E-state index >= 15 is 0 Å². The number of benzene rings is 3. The molecule has 11 heteroatoms. The lowest BCUT2D eigenvalue weighted by molar-refractivity contribution is -0.122. The van der Waals surface area contributed by atoms with Gasteiger partial charge in [-0.3, -0.25) is 23.7 Å². The number of carbonyl (C=O) groups is 3. The fourth-order valence-corrected chi connectivity index (χ4v) is 8.09. The molecule has 2 N–H and O–H groups in total. The summed E-state index contributed by atoms with van der Waals surface area (Å²) in [6, 6.07) is 22.7. The number of aromatic nitrogens is 1. The van der Waals surface area contributed by atoms with E-state index in [1.807, 2.05) is 49.3 Å². The zero-order valence-electron chi connectivity index (χ0n) is 22.2. The molecule has 208 valence electrons. The number of thioether (sulfide) groups is 1. The van der Waals surface area contributed by atoms with Crippen molar-refractivity contribution in [2.75, 3.05) is 29.2 Å². The van der Waals surface area contributed by atoms with Crippen molar-refractivity contribution in [1.82, 2.24) is 4.57 Å². The number of para-hydroxylation sites is 1. The number of carbonyl (C=O) groups excluding carboxylic acids is 3. The number of amides is 3. The number of hydrogen-bond acceptors (Lipinski definition) is 8. The Morgan fingerprint density at radius 1 is 0.927 bits per heavy atom. The summed E-state index contributed by atoms with van der Waals surface area (Å²) in [5.74, 6) is -2.23. The monoisotopic (exact) mass is 586 g/mol. The van der Waals surface area contributed by atoms with E-state index in [1.54, 1.807) is 36.4 Å². The molecule has 0 radical (unpaired) electrons. The maximum absolute atomic E-state index is 13.9. The van der Waals surface area contributed by atoms with Crippen molar-refractivity contribution in [3.8, 4) is 5.75 Å². The van der Waals surface area contributed by atoms with Crippen LogP contribution in [0.4, 0.5) is 17.1 Å². The van der Waals surface area contributed by atoms with E-state index in [-0.39, 0.29) is 29.0 Å². The molecular formula is C30H26N4O5S2. The fraction of sp³-hybridized carbons (Fsp3) is 0.200. The van der Waals surface area contributed by atoms with Gasteiger partial charge in [-0.2, -0.15) is 0 Å². The van der Waals surface area contributed by atoms with Crippen LogP contribution < -0.4 is 20.0 Å². The number of anilines is 3. The highest BCUT2D eigenvalue weighted by Crippen LogP contribution is 2.54. The Morgan fingerprint density at radius 3 is 2.27 bits per heavy atom. The molecule has 9 nitrogen and oxygen atoms in total. The quantitative estimate of drug-likeness (QED) is 0.258. The average Bonchev–Trinajstić information content (AvgIpc) is 3.41. The Balaban J connectivity index is 1.41. The Bertz CT molecular complexity index is 1700. The number of nitrogens with zero attached hydrogens (tertiary/aromatic N) is 3. The van der Waals surface area contributed by atoms with Crippen molar-refractivity contribution in [3.63, 3.8) is 0 Å². The highest BCUT2D eigenvalue weighted by atomic mass is 32.2. The number of thiazole rings is 1. The largest absolute Gasteiger partial charge is 0.508 e. The molecular weight excluding hydrogens is 560 g/mol. The summed E-state index contributed by atoms with van der Waals surface area (Å²) >= 11 is 2.19. The number of rotatable bonds is 6. The van der Waals surface area contributed by atoms with Crippen LogP contribution in [0.3, 0.4) is 0 Å². The molecule has 3 unspecified atom stereocenters. The van der Waals surface area contributed by atoms with E-state index < -0.39 is 23.0 Å². The summed E-state index contributed by atoms with van der Waals surface area (Å²) in [6.45, 7) is -0.257. The Labute approximate surface area is 244 Å². The summed E-state index contributed by atoms with van der Waals surface area (Å²) in [4.78, 5) is 57.5. The highest BCUT2D eigenvalue weighted by molar-refractivity contribution is 8.00. The summed E-state index contributed by atoms with van der Waals surface area (Å²) in [5, 5.41) is 12.0. The molecule has 0 aliphatic carbocycles. The molecule has 3 atom stereocenters. The normalized spacial score (nSPS) is 19.6. The third-order valence-electron chi connectivity index (χ3n) is 7.29. The molecule has 4 aromatic rings. The molecule has 2 aliphatic heterocycles. The number of fused-ring (bicyclic) bond motifs is 2. The van der Waals surface area contributed by atoms with Crippen LogP contribution in [0, 0.1) is 5.92 Å². The number of nitrogens with one attached hydrogen (secondary N) is 1. The van der Waals surface area contributed by atoms with Crippen LogP contribution in [-0.4, -0.2) is 46.7 Å². The summed E-state index contributed by atoms with van der Waals surface area (Å²) in [6.07, 6.45) is 0. The van der Waals surface area contributed by atoms with Crippen LogP contribution in [0.25, 0.3) is 0 Å². The first-order valence-electron chi connectivity index (χ1n) is 12.9. The molecule has 41 heavy (non-hydrogen) atoms. The molecule has 3 amide bonds. The Kier molecular flexibility index (Phi) is 6.92. The second-order valence-electron chi connectivity index (χ2n) is 10.1. The summed E-state index contributed by atoms with van der Waals surface area (Å²) in [7, 11) is 3.87. The van der Waals surface area contributed by atoms with Crippen LogP contribution in [-0.2, 0) is 20.9 Å². The van der Waals surface area contributed by atoms with Crippen molar-refractivity contribution >= 4 is 57.9 Å². The number of imide groups is 1. The number of aromatic hydroxyl groups is 1. The topological polar surface area (TPSA) is 112 Å². The first-order valence-corrected chi connectivity index (χ1v) is 14.6. The third-order valence-corrected chi connectivity index (χ3v) is 9.89. The third kappa shape index (κ3) is 4.81. The van der Waals surface area contributed by atoms with Crippen molar-refractivity contribution in [2.24, 2.45) is 5.92 Å². The minimum absolute atomic E-state index is 0.0713. The molecule has 0 bridgehead atoms. The lowest BCUT2D eigenvalue weighted by Crippen LogP contribution is -2.33. The average molecular weight is 587 g/mol. The fourth-order valence-electron chi connectivity index (χ4n) is 5.31. The van der Waals surface area contributed by atoms with E-state index in [2.05, 4.69) is 5.32 Å². The van der Waals surface area contributed by atoms with Gasteiger partial charge in [0.15, 0.2) is 0 Å². The van der Waals surface area contributed by atoms with Gasteiger partial charge in [-0.25, -0.2) is 4.90 Å². The number of phenols is 1. The molecule has 6 rings (SSSR count). The number of phenolic OH excluding ortho intramolecular Hbond substituents is 1. The predicted octanol–water partition coefficient (Wildman–Crippen LogP) is 4.12. The van der Waals surface area contributed by atoms with E-state index in [4.69, 9.17) is 0 Å². The Morgan fingerprint density at radius 2 is 1.61 bits per heavy atom. The molecule has 2 aliphatic rings. The van der Waals surface area contributed by atoms with E-state index in [1.165, 1.54) is 33.4 Å². The molecule has 0 spiro atoms. The zero-order chi connectivity index (χ0) is 28.8. The van der Waals surface area contributed by atoms with Crippen molar-refractivity contribution in [1.29, 1.82) is 0 Å². The highest BCUT2D eigenvalue weighted by Gasteiger charge is 2.56. The lowest BCUT2D eigenvalue weighted by atomic mass is 9.83. The van der Waals surface area contributed by atoms with Gasteiger partial charge in [-0.15, -0.1) is 0 Å². The first-order chi connectivity index (χ1) is 19.7. The predicted molar refractivity (Wildman–Crippen MR) is 160 cm³/mol.